The first-order valence-electron chi connectivity index (χ1n) is 5.77. The van der Waals surface area contributed by atoms with Gasteiger partial charge in [-0.3, -0.25) is 14.5 Å². The van der Waals surface area contributed by atoms with Gasteiger partial charge in [0.05, 0.1) is 19.4 Å². The maximum absolute atomic E-state index is 11.6. The molecule has 0 aromatic carbocycles. The second-order valence-electron chi connectivity index (χ2n) is 4.17. The van der Waals surface area contributed by atoms with Gasteiger partial charge in [-0.1, -0.05) is 0 Å². The Labute approximate surface area is 99.8 Å². The molecule has 5 nitrogen and oxygen atoms in total. The zero-order chi connectivity index (χ0) is 12.1. The monoisotopic (exact) mass is 236 g/mol. The van der Waals surface area contributed by atoms with Crippen LogP contribution in [0.15, 0.2) is 22.8 Å². The van der Waals surface area contributed by atoms with E-state index in [2.05, 4.69) is 5.32 Å². The first-order chi connectivity index (χ1) is 8.24. The first kappa shape index (κ1) is 11.9. The van der Waals surface area contributed by atoms with Crippen molar-refractivity contribution in [3.8, 4) is 0 Å². The van der Waals surface area contributed by atoms with Crippen molar-refractivity contribution in [3.63, 3.8) is 0 Å². The molecule has 0 radical (unpaired) electrons. The average Bonchev–Trinajstić information content (AvgIpc) is 2.83. The van der Waals surface area contributed by atoms with Crippen LogP contribution in [0, 0.1) is 0 Å². The Morgan fingerprint density at radius 1 is 1.41 bits per heavy atom. The average molecular weight is 236 g/mol. The molecule has 0 saturated carbocycles. The molecule has 1 saturated heterocycles. The van der Waals surface area contributed by atoms with Gasteiger partial charge in [-0.25, -0.2) is 0 Å². The van der Waals surface area contributed by atoms with Gasteiger partial charge in [0.1, 0.15) is 11.5 Å². The maximum Gasteiger partial charge on any atom is 0.234 e. The topological polar surface area (TPSA) is 62.6 Å². The van der Waals surface area contributed by atoms with Crippen molar-refractivity contribution in [1.29, 1.82) is 0 Å². The molecular weight excluding hydrogens is 220 g/mol. The number of carbonyl (C=O) groups is 2. The number of ketones is 1. The lowest BCUT2D eigenvalue weighted by atomic mass is 10.1. The number of piperidine rings is 1. The van der Waals surface area contributed by atoms with Crippen LogP contribution in [0.4, 0.5) is 0 Å². The molecule has 1 aromatic rings. The quantitative estimate of drug-likeness (QED) is 0.829. The molecular formula is C12H16N2O3. The Morgan fingerprint density at radius 2 is 2.18 bits per heavy atom. The number of carbonyl (C=O) groups excluding carboxylic acids is 2. The first-order valence-corrected chi connectivity index (χ1v) is 5.77. The number of nitrogens with zero attached hydrogens (tertiary/aromatic N) is 1. The summed E-state index contributed by atoms with van der Waals surface area (Å²) in [6.07, 6.45) is 2.70. The normalized spacial score (nSPS) is 17.1. The van der Waals surface area contributed by atoms with Gasteiger partial charge < -0.3 is 9.73 Å². The van der Waals surface area contributed by atoms with Crippen LogP contribution >= 0.6 is 0 Å². The Morgan fingerprint density at radius 3 is 2.82 bits per heavy atom. The molecule has 1 aromatic heterocycles. The van der Waals surface area contributed by atoms with Gasteiger partial charge in [-0.2, -0.15) is 0 Å². The van der Waals surface area contributed by atoms with Crippen molar-refractivity contribution < 1.29 is 14.0 Å². The number of hydrogen-bond donors (Lipinski definition) is 1. The van der Waals surface area contributed by atoms with Gasteiger partial charge in [0.25, 0.3) is 0 Å². The summed E-state index contributed by atoms with van der Waals surface area (Å²) in [5.74, 6) is 1.00. The predicted octanol–water partition coefficient (Wildman–Crippen LogP) is 0.561. The third-order valence-electron chi connectivity index (χ3n) is 2.82. The van der Waals surface area contributed by atoms with E-state index in [0.29, 0.717) is 39.0 Å². The van der Waals surface area contributed by atoms with E-state index >= 15 is 0 Å². The van der Waals surface area contributed by atoms with Crippen molar-refractivity contribution >= 4 is 11.7 Å². The van der Waals surface area contributed by atoms with Crippen LogP contribution in [-0.2, 0) is 16.1 Å². The second-order valence-corrected chi connectivity index (χ2v) is 4.17. The zero-order valence-electron chi connectivity index (χ0n) is 9.65. The van der Waals surface area contributed by atoms with Gasteiger partial charge >= 0.3 is 0 Å². The lowest BCUT2D eigenvalue weighted by molar-refractivity contribution is -0.126. The van der Waals surface area contributed by atoms with Crippen molar-refractivity contribution in [2.45, 2.75) is 19.4 Å². The Balaban J connectivity index is 1.68. The lowest BCUT2D eigenvalue weighted by Crippen LogP contribution is -2.41. The van der Waals surface area contributed by atoms with Crippen molar-refractivity contribution in [1.82, 2.24) is 10.2 Å². The molecule has 17 heavy (non-hydrogen) atoms. The van der Waals surface area contributed by atoms with Crippen LogP contribution in [0.1, 0.15) is 18.6 Å². The summed E-state index contributed by atoms with van der Waals surface area (Å²) in [6, 6.07) is 3.61. The summed E-state index contributed by atoms with van der Waals surface area (Å²) in [6.45, 7) is 2.15. The summed E-state index contributed by atoms with van der Waals surface area (Å²) in [5, 5.41) is 2.78. The lowest BCUT2D eigenvalue weighted by Gasteiger charge is -2.24. The van der Waals surface area contributed by atoms with Crippen LogP contribution in [0.2, 0.25) is 0 Å². The number of furan rings is 1. The summed E-state index contributed by atoms with van der Waals surface area (Å²) >= 11 is 0. The smallest absolute Gasteiger partial charge is 0.234 e. The fourth-order valence-electron chi connectivity index (χ4n) is 1.82. The van der Waals surface area contributed by atoms with Crippen LogP contribution in [0.5, 0.6) is 0 Å². The summed E-state index contributed by atoms with van der Waals surface area (Å²) in [5.41, 5.74) is 0. The van der Waals surface area contributed by atoms with E-state index in [4.69, 9.17) is 4.42 Å². The van der Waals surface area contributed by atoms with E-state index < -0.39 is 0 Å². The van der Waals surface area contributed by atoms with E-state index in [-0.39, 0.29) is 11.7 Å². The third kappa shape index (κ3) is 3.71. The number of likely N-dealkylation sites (tertiary alicyclic amines) is 1. The van der Waals surface area contributed by atoms with Crippen molar-refractivity contribution in [3.05, 3.63) is 24.2 Å². The second kappa shape index (κ2) is 5.63. The minimum atomic E-state index is -0.0317. The summed E-state index contributed by atoms with van der Waals surface area (Å²) in [4.78, 5) is 24.6. The van der Waals surface area contributed by atoms with Gasteiger partial charge in [0.2, 0.25) is 5.91 Å². The number of hydrogen-bond acceptors (Lipinski definition) is 4. The van der Waals surface area contributed by atoms with Crippen LogP contribution < -0.4 is 5.32 Å². The SMILES string of the molecule is O=C1CCN(CC(=O)NCc2ccco2)CC1. The molecule has 1 amide bonds. The maximum atomic E-state index is 11.6. The Hall–Kier alpha value is -1.62. The zero-order valence-corrected chi connectivity index (χ0v) is 9.65. The van der Waals surface area contributed by atoms with Gasteiger partial charge in [-0.05, 0) is 12.1 Å². The highest BCUT2D eigenvalue weighted by molar-refractivity contribution is 5.81. The minimum absolute atomic E-state index is 0.0317. The van der Waals surface area contributed by atoms with E-state index in [1.54, 1.807) is 12.3 Å². The molecule has 0 atom stereocenters. The van der Waals surface area contributed by atoms with Crippen LogP contribution in [0.3, 0.4) is 0 Å². The van der Waals surface area contributed by atoms with Crippen LogP contribution in [0.25, 0.3) is 0 Å². The van der Waals surface area contributed by atoms with E-state index in [9.17, 15) is 9.59 Å². The van der Waals surface area contributed by atoms with Gasteiger partial charge in [0, 0.05) is 25.9 Å². The predicted molar refractivity (Wildman–Crippen MR) is 61.2 cm³/mol. The highest BCUT2D eigenvalue weighted by Crippen LogP contribution is 2.05. The van der Waals surface area contributed by atoms with E-state index in [1.165, 1.54) is 0 Å². The molecule has 1 N–H and O–H groups in total. The molecule has 0 aliphatic carbocycles. The van der Waals surface area contributed by atoms with Crippen molar-refractivity contribution in [2.24, 2.45) is 0 Å². The fourth-order valence-corrected chi connectivity index (χ4v) is 1.82. The highest BCUT2D eigenvalue weighted by Gasteiger charge is 2.18. The Bertz CT molecular complexity index is 376. The third-order valence-corrected chi connectivity index (χ3v) is 2.82. The molecule has 2 rings (SSSR count). The summed E-state index contributed by atoms with van der Waals surface area (Å²) in [7, 11) is 0. The minimum Gasteiger partial charge on any atom is -0.467 e. The fraction of sp³-hybridized carbons (Fsp3) is 0.500. The largest absolute Gasteiger partial charge is 0.467 e. The Kier molecular flexibility index (Phi) is 3.93. The molecule has 1 aliphatic rings. The summed E-state index contributed by atoms with van der Waals surface area (Å²) < 4.78 is 5.11. The molecule has 5 heteroatoms. The number of rotatable bonds is 4. The molecule has 0 unspecified atom stereocenters. The highest BCUT2D eigenvalue weighted by atomic mass is 16.3. The van der Waals surface area contributed by atoms with E-state index in [0.717, 1.165) is 5.76 Å². The van der Waals surface area contributed by atoms with Crippen LogP contribution in [-0.4, -0.2) is 36.2 Å². The molecule has 0 bridgehead atoms. The van der Waals surface area contributed by atoms with Gasteiger partial charge in [-0.15, -0.1) is 0 Å². The number of nitrogens with one attached hydrogen (secondary N) is 1. The molecule has 1 aliphatic heterocycles. The molecule has 2 heterocycles. The van der Waals surface area contributed by atoms with Gasteiger partial charge in [0.15, 0.2) is 0 Å². The molecule has 92 valence electrons. The van der Waals surface area contributed by atoms with Crippen molar-refractivity contribution in [2.75, 3.05) is 19.6 Å². The molecule has 0 spiro atoms. The number of Topliss-reactive ketones (excluding diaryl/α,β-unsaturated/α-hetero) is 1. The van der Waals surface area contributed by atoms with E-state index in [1.807, 2.05) is 11.0 Å². The standard InChI is InChI=1S/C12H16N2O3/c15-10-3-5-14(6-4-10)9-12(16)13-8-11-2-1-7-17-11/h1-2,7H,3-6,8-9H2,(H,13,16). The molecule has 1 fully saturated rings. The number of amides is 1.